The van der Waals surface area contributed by atoms with E-state index in [0.29, 0.717) is 5.56 Å². The number of hydrogen-bond donors (Lipinski definition) is 0. The third kappa shape index (κ3) is 2.73. The Kier molecular flexibility index (Phi) is 4.17. The van der Waals surface area contributed by atoms with Crippen molar-refractivity contribution in [2.24, 2.45) is 0 Å². The average Bonchev–Trinajstić information content (AvgIpc) is 2.27. The highest BCUT2D eigenvalue weighted by atomic mass is 32.2. The van der Waals surface area contributed by atoms with Crippen LogP contribution in [0.4, 0.5) is 0 Å². The van der Waals surface area contributed by atoms with Crippen LogP contribution >= 0.6 is 11.8 Å². The number of benzene rings is 1. The van der Waals surface area contributed by atoms with Crippen molar-refractivity contribution in [2.75, 3.05) is 20.4 Å². The summed E-state index contributed by atoms with van der Waals surface area (Å²) in [6, 6.07) is 5.84. The Morgan fingerprint density at radius 1 is 1.47 bits per heavy atom. The van der Waals surface area contributed by atoms with E-state index in [4.69, 9.17) is 4.84 Å². The summed E-state index contributed by atoms with van der Waals surface area (Å²) < 4.78 is 0. The number of rotatable bonds is 3. The van der Waals surface area contributed by atoms with Crippen LogP contribution in [0.1, 0.15) is 15.9 Å². The number of carbonyl (C=O) groups is 1. The molecular weight excluding hydrogens is 210 g/mol. The Hall–Kier alpha value is -1.00. The van der Waals surface area contributed by atoms with Gasteiger partial charge in [-0.05, 0) is 30.9 Å². The fourth-order valence-electron chi connectivity index (χ4n) is 1.21. The lowest BCUT2D eigenvalue weighted by Gasteiger charge is -2.15. The lowest BCUT2D eigenvalue weighted by Crippen LogP contribution is -2.26. The Bertz CT molecular complexity index is 366. The average molecular weight is 225 g/mol. The number of nitrogens with zero attached hydrogens (tertiary/aromatic N) is 1. The maximum Gasteiger partial charge on any atom is 0.277 e. The Balaban J connectivity index is 3.07. The standard InChI is InChI=1S/C11H15NO2S/c1-8-5-6-9(15-4)7-10(8)11(13)12(2)14-3/h5-7H,1-4H3. The van der Waals surface area contributed by atoms with Crippen LogP contribution in [0, 0.1) is 6.92 Å². The first kappa shape index (κ1) is 12.1. The highest BCUT2D eigenvalue weighted by molar-refractivity contribution is 7.98. The molecule has 0 spiro atoms. The molecule has 1 rings (SSSR count). The minimum Gasteiger partial charge on any atom is -0.274 e. The molecule has 1 aromatic rings. The van der Waals surface area contributed by atoms with Crippen molar-refractivity contribution in [3.8, 4) is 0 Å². The van der Waals surface area contributed by atoms with Crippen molar-refractivity contribution in [2.45, 2.75) is 11.8 Å². The van der Waals surface area contributed by atoms with E-state index in [9.17, 15) is 4.79 Å². The van der Waals surface area contributed by atoms with E-state index < -0.39 is 0 Å². The summed E-state index contributed by atoms with van der Waals surface area (Å²) in [6.07, 6.45) is 1.99. The molecule has 0 heterocycles. The lowest BCUT2D eigenvalue weighted by molar-refractivity contribution is -0.0757. The quantitative estimate of drug-likeness (QED) is 0.584. The van der Waals surface area contributed by atoms with Gasteiger partial charge in [-0.2, -0.15) is 0 Å². The molecule has 15 heavy (non-hydrogen) atoms. The number of hydroxylamine groups is 2. The topological polar surface area (TPSA) is 29.5 Å². The van der Waals surface area contributed by atoms with E-state index >= 15 is 0 Å². The number of thioether (sulfide) groups is 1. The Labute approximate surface area is 94.4 Å². The summed E-state index contributed by atoms with van der Waals surface area (Å²) in [5, 5.41) is 1.23. The molecule has 3 nitrogen and oxygen atoms in total. The summed E-state index contributed by atoms with van der Waals surface area (Å²) in [4.78, 5) is 17.8. The second kappa shape index (κ2) is 5.19. The summed E-state index contributed by atoms with van der Waals surface area (Å²) >= 11 is 1.62. The summed E-state index contributed by atoms with van der Waals surface area (Å²) in [7, 11) is 3.08. The van der Waals surface area contributed by atoms with Crippen molar-refractivity contribution < 1.29 is 9.63 Å². The van der Waals surface area contributed by atoms with Crippen LogP contribution in [0.2, 0.25) is 0 Å². The molecule has 0 N–H and O–H groups in total. The molecule has 0 aromatic heterocycles. The molecule has 1 amide bonds. The van der Waals surface area contributed by atoms with Gasteiger partial charge in [0.2, 0.25) is 0 Å². The van der Waals surface area contributed by atoms with E-state index in [0.717, 1.165) is 10.5 Å². The monoisotopic (exact) mass is 225 g/mol. The second-order valence-corrected chi connectivity index (χ2v) is 4.05. The third-order valence-electron chi connectivity index (χ3n) is 2.24. The van der Waals surface area contributed by atoms with Gasteiger partial charge in [0.05, 0.1) is 7.11 Å². The molecule has 0 atom stereocenters. The van der Waals surface area contributed by atoms with E-state index in [-0.39, 0.29) is 5.91 Å². The summed E-state index contributed by atoms with van der Waals surface area (Å²) in [6.45, 7) is 1.92. The summed E-state index contributed by atoms with van der Waals surface area (Å²) in [5.41, 5.74) is 1.65. The molecule has 1 aromatic carbocycles. The zero-order chi connectivity index (χ0) is 11.4. The van der Waals surface area contributed by atoms with Crippen molar-refractivity contribution in [1.82, 2.24) is 5.06 Å². The number of hydrogen-bond acceptors (Lipinski definition) is 3. The van der Waals surface area contributed by atoms with Crippen molar-refractivity contribution in [3.05, 3.63) is 29.3 Å². The summed E-state index contributed by atoms with van der Waals surface area (Å²) in [5.74, 6) is -0.120. The van der Waals surface area contributed by atoms with Gasteiger partial charge in [-0.15, -0.1) is 11.8 Å². The molecule has 0 aliphatic heterocycles. The molecule has 0 radical (unpaired) electrons. The van der Waals surface area contributed by atoms with Crippen LogP contribution in [-0.4, -0.2) is 31.4 Å². The number of carbonyl (C=O) groups excluding carboxylic acids is 1. The first-order valence-corrected chi connectivity index (χ1v) is 5.79. The minimum atomic E-state index is -0.120. The zero-order valence-electron chi connectivity index (χ0n) is 9.40. The lowest BCUT2D eigenvalue weighted by atomic mass is 10.1. The van der Waals surface area contributed by atoms with Crippen molar-refractivity contribution in [1.29, 1.82) is 0 Å². The Morgan fingerprint density at radius 3 is 2.67 bits per heavy atom. The van der Waals surface area contributed by atoms with Gasteiger partial charge in [-0.25, -0.2) is 5.06 Å². The smallest absolute Gasteiger partial charge is 0.274 e. The van der Waals surface area contributed by atoms with E-state index in [1.54, 1.807) is 18.8 Å². The molecule has 0 unspecified atom stereocenters. The molecule has 0 saturated carbocycles. The van der Waals surface area contributed by atoms with Gasteiger partial charge in [-0.1, -0.05) is 6.07 Å². The minimum absolute atomic E-state index is 0.120. The zero-order valence-corrected chi connectivity index (χ0v) is 10.2. The van der Waals surface area contributed by atoms with Crippen LogP contribution in [0.15, 0.2) is 23.1 Å². The molecule has 0 fully saturated rings. The van der Waals surface area contributed by atoms with Gasteiger partial charge in [0, 0.05) is 17.5 Å². The SMILES string of the molecule is CON(C)C(=O)c1cc(SC)ccc1C. The largest absolute Gasteiger partial charge is 0.277 e. The number of aryl methyl sites for hydroxylation is 1. The van der Waals surface area contributed by atoms with Crippen LogP contribution in [0.5, 0.6) is 0 Å². The molecule has 0 aliphatic rings. The predicted octanol–water partition coefficient (Wildman–Crippen LogP) is 2.35. The first-order valence-electron chi connectivity index (χ1n) is 4.57. The van der Waals surface area contributed by atoms with Crippen molar-refractivity contribution in [3.63, 3.8) is 0 Å². The molecule has 0 bridgehead atoms. The van der Waals surface area contributed by atoms with Crippen LogP contribution in [-0.2, 0) is 4.84 Å². The van der Waals surface area contributed by atoms with Crippen molar-refractivity contribution >= 4 is 17.7 Å². The maximum atomic E-state index is 11.9. The van der Waals surface area contributed by atoms with Crippen LogP contribution in [0.25, 0.3) is 0 Å². The Morgan fingerprint density at radius 2 is 2.13 bits per heavy atom. The fraction of sp³-hybridized carbons (Fsp3) is 0.364. The van der Waals surface area contributed by atoms with E-state index in [1.807, 2.05) is 31.4 Å². The van der Waals surface area contributed by atoms with Gasteiger partial charge in [0.15, 0.2) is 0 Å². The van der Waals surface area contributed by atoms with Gasteiger partial charge < -0.3 is 0 Å². The highest BCUT2D eigenvalue weighted by Crippen LogP contribution is 2.20. The van der Waals surface area contributed by atoms with Gasteiger partial charge in [-0.3, -0.25) is 9.63 Å². The maximum absolute atomic E-state index is 11.9. The van der Waals surface area contributed by atoms with E-state index in [2.05, 4.69) is 0 Å². The molecule has 0 saturated heterocycles. The van der Waals surface area contributed by atoms with Crippen LogP contribution < -0.4 is 0 Å². The number of amides is 1. The highest BCUT2D eigenvalue weighted by Gasteiger charge is 2.14. The van der Waals surface area contributed by atoms with Gasteiger partial charge in [0.25, 0.3) is 5.91 Å². The normalized spacial score (nSPS) is 10.1. The molecule has 0 aliphatic carbocycles. The molecule has 82 valence electrons. The third-order valence-corrected chi connectivity index (χ3v) is 2.96. The fourth-order valence-corrected chi connectivity index (χ4v) is 1.65. The van der Waals surface area contributed by atoms with Crippen LogP contribution in [0.3, 0.4) is 0 Å². The van der Waals surface area contributed by atoms with Gasteiger partial charge >= 0.3 is 0 Å². The first-order chi connectivity index (χ1) is 7.10. The van der Waals surface area contributed by atoms with E-state index in [1.165, 1.54) is 12.2 Å². The second-order valence-electron chi connectivity index (χ2n) is 3.17. The predicted molar refractivity (Wildman–Crippen MR) is 62.1 cm³/mol. The van der Waals surface area contributed by atoms with Gasteiger partial charge in [0.1, 0.15) is 0 Å². The molecular formula is C11H15NO2S. The molecule has 4 heteroatoms.